The number of methoxy groups -OCH3 is 2. The zero-order valence-electron chi connectivity index (χ0n) is 17.7. The molecule has 2 aromatic rings. The van der Waals surface area contributed by atoms with Crippen molar-refractivity contribution in [2.24, 2.45) is 5.92 Å². The van der Waals surface area contributed by atoms with Gasteiger partial charge in [0.2, 0.25) is 5.88 Å². The molecule has 0 saturated carbocycles. The molecule has 7 heteroatoms. The van der Waals surface area contributed by atoms with Crippen molar-refractivity contribution in [3.8, 4) is 17.4 Å². The Morgan fingerprint density at radius 1 is 1.07 bits per heavy atom. The fraction of sp³-hybridized carbons (Fsp3) is 0.455. The fourth-order valence-corrected chi connectivity index (χ4v) is 2.59. The Morgan fingerprint density at radius 3 is 2.55 bits per heavy atom. The number of rotatable bonds is 11. The molecule has 0 saturated heterocycles. The number of nitrogens with one attached hydrogen (secondary N) is 1. The van der Waals surface area contributed by atoms with E-state index in [1.165, 1.54) is 0 Å². The Balaban J connectivity index is 2.10. The standard InChI is InChI=1S/C22H30N2O5/c1-15(2)14-29-19-9-8-17(13-20(19)27-5)16(3)24-21(25)18-7-6-10-23-22(18)28-12-11-26-4/h6-10,13,15-16H,11-12,14H2,1-5H3,(H,24,25). The zero-order valence-corrected chi connectivity index (χ0v) is 17.7. The van der Waals surface area contributed by atoms with Crippen LogP contribution in [0.1, 0.15) is 42.7 Å². The van der Waals surface area contributed by atoms with Gasteiger partial charge in [0, 0.05) is 13.3 Å². The number of pyridine rings is 1. The van der Waals surface area contributed by atoms with Crippen LogP contribution >= 0.6 is 0 Å². The Labute approximate surface area is 172 Å². The number of amides is 1. The van der Waals surface area contributed by atoms with E-state index in [9.17, 15) is 4.79 Å². The maximum atomic E-state index is 12.8. The van der Waals surface area contributed by atoms with Crippen molar-refractivity contribution < 1.29 is 23.7 Å². The predicted octanol–water partition coefficient (Wildman–Crippen LogP) is 3.64. The van der Waals surface area contributed by atoms with Crippen molar-refractivity contribution in [3.63, 3.8) is 0 Å². The average Bonchev–Trinajstić information content (AvgIpc) is 2.72. The molecule has 0 fully saturated rings. The van der Waals surface area contributed by atoms with Crippen LogP contribution in [0.4, 0.5) is 0 Å². The number of aromatic nitrogens is 1. The van der Waals surface area contributed by atoms with Crippen molar-refractivity contribution >= 4 is 5.91 Å². The highest BCUT2D eigenvalue weighted by molar-refractivity contribution is 5.96. The lowest BCUT2D eigenvalue weighted by Gasteiger charge is -2.18. The van der Waals surface area contributed by atoms with Gasteiger partial charge in [-0.1, -0.05) is 19.9 Å². The van der Waals surface area contributed by atoms with Gasteiger partial charge in [-0.05, 0) is 42.7 Å². The first-order chi connectivity index (χ1) is 14.0. The molecule has 2 rings (SSSR count). The Morgan fingerprint density at radius 2 is 1.86 bits per heavy atom. The van der Waals surface area contributed by atoms with Crippen LogP contribution in [0.2, 0.25) is 0 Å². The number of carbonyl (C=O) groups is 1. The smallest absolute Gasteiger partial charge is 0.257 e. The minimum absolute atomic E-state index is 0.248. The third kappa shape index (κ3) is 6.64. The zero-order chi connectivity index (χ0) is 21.2. The Bertz CT molecular complexity index is 795. The quantitative estimate of drug-likeness (QED) is 0.578. The van der Waals surface area contributed by atoms with Gasteiger partial charge in [-0.15, -0.1) is 0 Å². The molecule has 0 spiro atoms. The van der Waals surface area contributed by atoms with E-state index in [4.69, 9.17) is 18.9 Å². The summed E-state index contributed by atoms with van der Waals surface area (Å²) in [5.74, 6) is 1.75. The van der Waals surface area contributed by atoms with E-state index in [1.54, 1.807) is 32.5 Å². The summed E-state index contributed by atoms with van der Waals surface area (Å²) < 4.78 is 21.8. The number of benzene rings is 1. The number of hydrogen-bond acceptors (Lipinski definition) is 6. The molecule has 1 aromatic carbocycles. The third-order valence-electron chi connectivity index (χ3n) is 4.15. The van der Waals surface area contributed by atoms with Gasteiger partial charge >= 0.3 is 0 Å². The molecular formula is C22H30N2O5. The molecule has 1 N–H and O–H groups in total. The van der Waals surface area contributed by atoms with E-state index < -0.39 is 0 Å². The predicted molar refractivity (Wildman–Crippen MR) is 111 cm³/mol. The number of hydrogen-bond donors (Lipinski definition) is 1. The van der Waals surface area contributed by atoms with Gasteiger partial charge in [-0.2, -0.15) is 0 Å². The van der Waals surface area contributed by atoms with Crippen LogP contribution in [0, 0.1) is 5.92 Å². The van der Waals surface area contributed by atoms with Crippen molar-refractivity contribution in [2.45, 2.75) is 26.8 Å². The van der Waals surface area contributed by atoms with Crippen LogP contribution in [0.5, 0.6) is 17.4 Å². The van der Waals surface area contributed by atoms with Crippen LogP contribution in [-0.2, 0) is 4.74 Å². The highest BCUT2D eigenvalue weighted by Crippen LogP contribution is 2.31. The van der Waals surface area contributed by atoms with E-state index in [1.807, 2.05) is 25.1 Å². The lowest BCUT2D eigenvalue weighted by Crippen LogP contribution is -2.27. The summed E-state index contributed by atoms with van der Waals surface area (Å²) in [6.07, 6.45) is 1.59. The van der Waals surface area contributed by atoms with E-state index in [0.717, 1.165) is 5.56 Å². The molecule has 1 unspecified atom stereocenters. The number of ether oxygens (including phenoxy) is 4. The molecule has 1 atom stereocenters. The second kappa shape index (κ2) is 11.3. The van der Waals surface area contributed by atoms with E-state index in [-0.39, 0.29) is 17.8 Å². The van der Waals surface area contributed by atoms with Crippen LogP contribution < -0.4 is 19.5 Å². The Kier molecular flexibility index (Phi) is 8.73. The first-order valence-corrected chi connectivity index (χ1v) is 9.64. The molecule has 29 heavy (non-hydrogen) atoms. The minimum atomic E-state index is -0.267. The largest absolute Gasteiger partial charge is 0.493 e. The topological polar surface area (TPSA) is 78.9 Å². The van der Waals surface area contributed by atoms with Crippen molar-refractivity contribution in [1.82, 2.24) is 10.3 Å². The van der Waals surface area contributed by atoms with Crippen molar-refractivity contribution in [3.05, 3.63) is 47.7 Å². The maximum Gasteiger partial charge on any atom is 0.257 e. The molecule has 0 aliphatic carbocycles. The van der Waals surface area contributed by atoms with Gasteiger partial charge in [0.1, 0.15) is 12.2 Å². The van der Waals surface area contributed by atoms with Gasteiger partial charge in [-0.3, -0.25) is 4.79 Å². The third-order valence-corrected chi connectivity index (χ3v) is 4.15. The molecule has 7 nitrogen and oxygen atoms in total. The second-order valence-electron chi connectivity index (χ2n) is 7.01. The van der Waals surface area contributed by atoms with Crippen molar-refractivity contribution in [1.29, 1.82) is 0 Å². The van der Waals surface area contributed by atoms with Crippen molar-refractivity contribution in [2.75, 3.05) is 34.0 Å². The summed E-state index contributed by atoms with van der Waals surface area (Å²) in [6.45, 7) is 7.42. The van der Waals surface area contributed by atoms with Gasteiger partial charge in [0.25, 0.3) is 5.91 Å². The molecular weight excluding hydrogens is 372 g/mol. The van der Waals surface area contributed by atoms with Gasteiger partial charge in [0.05, 0.1) is 26.4 Å². The molecule has 1 aromatic heterocycles. The molecule has 1 heterocycles. The first-order valence-electron chi connectivity index (χ1n) is 9.64. The highest BCUT2D eigenvalue weighted by atomic mass is 16.5. The lowest BCUT2D eigenvalue weighted by atomic mass is 10.1. The summed E-state index contributed by atoms with van der Waals surface area (Å²) in [5, 5.41) is 2.98. The average molecular weight is 402 g/mol. The summed E-state index contributed by atoms with van der Waals surface area (Å²) in [7, 11) is 3.19. The van der Waals surface area contributed by atoms with Crippen LogP contribution in [0.25, 0.3) is 0 Å². The molecule has 0 aliphatic rings. The molecule has 0 bridgehead atoms. The Hall–Kier alpha value is -2.80. The normalized spacial score (nSPS) is 11.8. The summed E-state index contributed by atoms with van der Waals surface area (Å²) in [4.78, 5) is 16.9. The maximum absolute atomic E-state index is 12.8. The molecule has 0 radical (unpaired) electrons. The SMILES string of the molecule is COCCOc1ncccc1C(=O)NC(C)c1ccc(OCC(C)C)c(OC)c1. The van der Waals surface area contributed by atoms with E-state index in [0.29, 0.717) is 42.8 Å². The highest BCUT2D eigenvalue weighted by Gasteiger charge is 2.18. The summed E-state index contributed by atoms with van der Waals surface area (Å²) >= 11 is 0. The summed E-state index contributed by atoms with van der Waals surface area (Å²) in [5.41, 5.74) is 1.28. The second-order valence-corrected chi connectivity index (χ2v) is 7.01. The monoisotopic (exact) mass is 402 g/mol. The van der Waals surface area contributed by atoms with Gasteiger partial charge in [-0.25, -0.2) is 4.98 Å². The molecule has 0 aliphatic heterocycles. The number of nitrogens with zero attached hydrogens (tertiary/aromatic N) is 1. The van der Waals surface area contributed by atoms with Crippen LogP contribution in [-0.4, -0.2) is 44.9 Å². The van der Waals surface area contributed by atoms with E-state index in [2.05, 4.69) is 24.1 Å². The first kappa shape index (κ1) is 22.5. The van der Waals surface area contributed by atoms with Crippen LogP contribution in [0.3, 0.4) is 0 Å². The fourth-order valence-electron chi connectivity index (χ4n) is 2.59. The van der Waals surface area contributed by atoms with Crippen LogP contribution in [0.15, 0.2) is 36.5 Å². The lowest BCUT2D eigenvalue weighted by molar-refractivity contribution is 0.0930. The molecule has 158 valence electrons. The molecule has 1 amide bonds. The van der Waals surface area contributed by atoms with Gasteiger partial charge < -0.3 is 24.3 Å². The van der Waals surface area contributed by atoms with E-state index >= 15 is 0 Å². The number of carbonyl (C=O) groups excluding carboxylic acids is 1. The minimum Gasteiger partial charge on any atom is -0.493 e. The summed E-state index contributed by atoms with van der Waals surface area (Å²) in [6, 6.07) is 8.79. The van der Waals surface area contributed by atoms with Gasteiger partial charge in [0.15, 0.2) is 11.5 Å².